The normalized spacial score (nSPS) is 27.2. The van der Waals surface area contributed by atoms with Crippen LogP contribution >= 0.6 is 0 Å². The number of rotatable bonds is 1. The lowest BCUT2D eigenvalue weighted by Crippen LogP contribution is -2.49. The molecule has 5 aliphatic rings. The third kappa shape index (κ3) is 2.48. The maximum Gasteiger partial charge on any atom is 0.194 e. The van der Waals surface area contributed by atoms with Crippen molar-refractivity contribution in [2.45, 2.75) is 19.3 Å². The third-order valence-electron chi connectivity index (χ3n) is 11.6. The van der Waals surface area contributed by atoms with Crippen molar-refractivity contribution in [3.63, 3.8) is 0 Å². The molecule has 0 radical (unpaired) electrons. The molecule has 1 saturated heterocycles. The van der Waals surface area contributed by atoms with E-state index in [-0.39, 0.29) is 23.4 Å². The minimum Gasteiger partial charge on any atom is -0.381 e. The van der Waals surface area contributed by atoms with E-state index in [1.54, 1.807) is 0 Å². The zero-order chi connectivity index (χ0) is 28.8. The molecule has 1 fully saturated rings. The Hall–Kier alpha value is -4.60. The number of ether oxygens (including phenoxy) is 1. The first kappa shape index (κ1) is 23.9. The van der Waals surface area contributed by atoms with Gasteiger partial charge in [-0.25, -0.2) is 0 Å². The summed E-state index contributed by atoms with van der Waals surface area (Å²) < 4.78 is 6.32. The Morgan fingerprint density at radius 2 is 1.19 bits per heavy atom. The third-order valence-corrected chi connectivity index (χ3v) is 11.6. The summed E-state index contributed by atoms with van der Waals surface area (Å²) in [6.45, 7) is 5.63. The van der Waals surface area contributed by atoms with Crippen LogP contribution in [0.1, 0.15) is 56.8 Å². The second-order valence-corrected chi connectivity index (χ2v) is 13.2. The van der Waals surface area contributed by atoms with Crippen LogP contribution in [0.2, 0.25) is 0 Å². The van der Waals surface area contributed by atoms with Crippen molar-refractivity contribution in [3.8, 4) is 22.3 Å². The minimum absolute atomic E-state index is 0.0174. The van der Waals surface area contributed by atoms with E-state index >= 15 is 0 Å². The van der Waals surface area contributed by atoms with Gasteiger partial charge in [0, 0.05) is 39.5 Å². The highest BCUT2D eigenvalue weighted by atomic mass is 16.5. The number of ketones is 2. The van der Waals surface area contributed by atoms with Crippen LogP contribution < -0.4 is 0 Å². The van der Waals surface area contributed by atoms with E-state index in [2.05, 4.69) is 68.4 Å². The minimum atomic E-state index is -0.678. The monoisotopic (exact) mass is 556 g/mol. The van der Waals surface area contributed by atoms with Gasteiger partial charge in [-0.3, -0.25) is 9.59 Å². The average Bonchev–Trinajstić information content (AvgIpc) is 3.77. The average molecular weight is 557 g/mol. The van der Waals surface area contributed by atoms with Crippen LogP contribution in [0.25, 0.3) is 44.2 Å². The predicted molar refractivity (Wildman–Crippen MR) is 169 cm³/mol. The number of fused-ring (bicyclic) bond motifs is 13. The quantitative estimate of drug-likeness (QED) is 0.204. The zero-order valence-corrected chi connectivity index (χ0v) is 24.0. The zero-order valence-electron chi connectivity index (χ0n) is 24.0. The van der Waals surface area contributed by atoms with Crippen LogP contribution in [0, 0.1) is 17.3 Å². The molecule has 0 unspecified atom stereocenters. The number of Topliss-reactive ketones (excluding diaryl/α,β-unsaturated/α-hetero) is 1. The number of allylic oxidation sites excluding steroid dienone is 2. The van der Waals surface area contributed by atoms with Gasteiger partial charge in [0.1, 0.15) is 0 Å². The molecule has 10 rings (SSSR count). The van der Waals surface area contributed by atoms with E-state index in [1.165, 1.54) is 11.0 Å². The van der Waals surface area contributed by atoms with E-state index in [0.29, 0.717) is 13.2 Å². The Bertz CT molecular complexity index is 2190. The first-order valence-corrected chi connectivity index (χ1v) is 15.3. The van der Waals surface area contributed by atoms with Gasteiger partial charge in [-0.1, -0.05) is 104 Å². The molecule has 3 nitrogen and oxygen atoms in total. The maximum atomic E-state index is 14.7. The Morgan fingerprint density at radius 1 is 0.581 bits per heavy atom. The topological polar surface area (TPSA) is 43.4 Å². The van der Waals surface area contributed by atoms with Gasteiger partial charge in [0.15, 0.2) is 11.6 Å². The summed E-state index contributed by atoms with van der Waals surface area (Å²) in [6, 6.07) is 33.4. The summed E-state index contributed by atoms with van der Waals surface area (Å²) in [5.74, 6) is 0.390. The van der Waals surface area contributed by atoms with Crippen molar-refractivity contribution in [1.82, 2.24) is 0 Å². The number of hydrogen-bond acceptors (Lipinski definition) is 3. The van der Waals surface area contributed by atoms with Crippen LogP contribution in [0.15, 0.2) is 97.1 Å². The predicted octanol–water partition coefficient (Wildman–Crippen LogP) is 8.38. The molecule has 0 bridgehead atoms. The summed E-state index contributed by atoms with van der Waals surface area (Å²) in [4.78, 5) is 29.1. The fourth-order valence-electron chi connectivity index (χ4n) is 9.88. The van der Waals surface area contributed by atoms with Crippen molar-refractivity contribution in [3.05, 3.63) is 130 Å². The molecule has 5 aromatic rings. The van der Waals surface area contributed by atoms with Crippen LogP contribution in [0.5, 0.6) is 0 Å². The number of carbonyl (C=O) groups is 2. The molecule has 0 spiro atoms. The molecule has 5 aromatic carbocycles. The smallest absolute Gasteiger partial charge is 0.194 e. The first-order chi connectivity index (χ1) is 21.0. The highest BCUT2D eigenvalue weighted by Crippen LogP contribution is 2.72. The van der Waals surface area contributed by atoms with Gasteiger partial charge in [0.2, 0.25) is 0 Å². The number of carbonyl (C=O) groups excluding carboxylic acids is 2. The van der Waals surface area contributed by atoms with Gasteiger partial charge in [-0.2, -0.15) is 0 Å². The van der Waals surface area contributed by atoms with Crippen LogP contribution in [-0.2, 0) is 10.2 Å². The Morgan fingerprint density at radius 3 is 1.95 bits per heavy atom. The Balaban J connectivity index is 1.45. The SMILES string of the molecule is C[C@]12C(=O)c3ccccc3C1=C1c3cccc4c(-c5ccccc5)c5c(c(c34)[C@@]1(C)[C@H]1COC[C@H]12)C(=O)c1ccccc1-5. The largest absolute Gasteiger partial charge is 0.381 e. The molecule has 0 amide bonds. The maximum absolute atomic E-state index is 14.7. The molecule has 1 heterocycles. The molecule has 206 valence electrons. The van der Waals surface area contributed by atoms with E-state index in [9.17, 15) is 9.59 Å². The fourth-order valence-corrected chi connectivity index (χ4v) is 9.88. The number of benzene rings is 5. The molecule has 0 aromatic heterocycles. The summed E-state index contributed by atoms with van der Waals surface area (Å²) in [7, 11) is 0. The van der Waals surface area contributed by atoms with E-state index < -0.39 is 10.8 Å². The molecule has 4 aliphatic carbocycles. The van der Waals surface area contributed by atoms with Gasteiger partial charge in [-0.15, -0.1) is 0 Å². The van der Waals surface area contributed by atoms with Gasteiger partial charge in [0.25, 0.3) is 0 Å². The van der Waals surface area contributed by atoms with Crippen molar-refractivity contribution in [2.75, 3.05) is 13.2 Å². The summed E-state index contributed by atoms with van der Waals surface area (Å²) in [6.07, 6.45) is 0. The first-order valence-electron chi connectivity index (χ1n) is 15.3. The fraction of sp³-hybridized carbons (Fsp3) is 0.200. The molecule has 1 aliphatic heterocycles. The van der Waals surface area contributed by atoms with Gasteiger partial charge >= 0.3 is 0 Å². The Labute approximate surface area is 249 Å². The lowest BCUT2D eigenvalue weighted by Gasteiger charge is -2.49. The lowest BCUT2D eigenvalue weighted by atomic mass is 9.51. The lowest BCUT2D eigenvalue weighted by molar-refractivity contribution is 0.0748. The molecule has 4 atom stereocenters. The second-order valence-electron chi connectivity index (χ2n) is 13.2. The standard InChI is InChI=1S/C40H28O3/c1-39-28-19-43-20-29(28)40(2)34(23-14-7-9-16-25(23)38(40)42)35(39)27-18-10-17-26-30(21-11-4-3-5-12-21)32-22-13-6-8-15-24(22)37(41)33(32)36(39)31(26)27/h3-18,28-29H,19-20H2,1-2H3/t28-,29+,39-,40+/m0/s1. The highest BCUT2D eigenvalue weighted by Gasteiger charge is 2.66. The molecule has 43 heavy (non-hydrogen) atoms. The van der Waals surface area contributed by atoms with Crippen LogP contribution in [-0.4, -0.2) is 24.8 Å². The van der Waals surface area contributed by atoms with Crippen molar-refractivity contribution >= 4 is 33.5 Å². The molecule has 0 saturated carbocycles. The van der Waals surface area contributed by atoms with Gasteiger partial charge in [-0.05, 0) is 62.2 Å². The van der Waals surface area contributed by atoms with Crippen molar-refractivity contribution < 1.29 is 14.3 Å². The van der Waals surface area contributed by atoms with Gasteiger partial charge in [0.05, 0.1) is 18.6 Å². The summed E-state index contributed by atoms with van der Waals surface area (Å²) in [5, 5.41) is 2.33. The second kappa shape index (κ2) is 7.67. The molecular weight excluding hydrogens is 528 g/mol. The number of hydrogen-bond donors (Lipinski definition) is 0. The molecule has 0 N–H and O–H groups in total. The van der Waals surface area contributed by atoms with E-state index in [1.807, 2.05) is 42.5 Å². The highest BCUT2D eigenvalue weighted by molar-refractivity contribution is 6.32. The van der Waals surface area contributed by atoms with Crippen molar-refractivity contribution in [2.24, 2.45) is 17.3 Å². The van der Waals surface area contributed by atoms with E-state index in [0.717, 1.165) is 66.6 Å². The summed E-state index contributed by atoms with van der Waals surface area (Å²) >= 11 is 0. The van der Waals surface area contributed by atoms with E-state index in [4.69, 9.17) is 4.74 Å². The molecule has 3 heteroatoms. The Kier molecular flexibility index (Phi) is 4.26. The van der Waals surface area contributed by atoms with Crippen LogP contribution in [0.3, 0.4) is 0 Å². The summed E-state index contributed by atoms with van der Waals surface area (Å²) in [5.41, 5.74) is 11.2. The van der Waals surface area contributed by atoms with Gasteiger partial charge < -0.3 is 4.74 Å². The molecular formula is C40H28O3. The van der Waals surface area contributed by atoms with Crippen molar-refractivity contribution in [1.29, 1.82) is 0 Å². The van der Waals surface area contributed by atoms with Crippen LogP contribution in [0.4, 0.5) is 0 Å².